The van der Waals surface area contributed by atoms with E-state index in [9.17, 15) is 4.79 Å². The molecule has 2 N–H and O–H groups in total. The summed E-state index contributed by atoms with van der Waals surface area (Å²) in [6.07, 6.45) is 0. The predicted molar refractivity (Wildman–Crippen MR) is 107 cm³/mol. The monoisotopic (exact) mass is 362 g/mol. The molecule has 1 aromatic heterocycles. The lowest BCUT2D eigenvalue weighted by molar-refractivity contribution is 0.102. The minimum atomic E-state index is -0.216. The third-order valence-electron chi connectivity index (χ3n) is 3.82. The minimum Gasteiger partial charge on any atom is -0.494 e. The first-order valence-electron chi connectivity index (χ1n) is 8.77. The first kappa shape index (κ1) is 18.4. The summed E-state index contributed by atoms with van der Waals surface area (Å²) in [6.45, 7) is 6.35. The number of aryl methyl sites for hydroxylation is 2. The van der Waals surface area contributed by atoms with Crippen molar-refractivity contribution in [1.29, 1.82) is 0 Å². The molecular weight excluding hydrogens is 340 g/mol. The van der Waals surface area contributed by atoms with Crippen molar-refractivity contribution >= 4 is 23.2 Å². The first-order valence-corrected chi connectivity index (χ1v) is 8.77. The third kappa shape index (κ3) is 4.82. The molecule has 0 unspecified atom stereocenters. The van der Waals surface area contributed by atoms with Crippen LogP contribution in [0.4, 0.5) is 17.3 Å². The van der Waals surface area contributed by atoms with Crippen LogP contribution in [0.3, 0.4) is 0 Å². The summed E-state index contributed by atoms with van der Waals surface area (Å²) in [5.74, 6) is 1.02. The number of carbonyl (C=O) groups is 1. The highest BCUT2D eigenvalue weighted by molar-refractivity contribution is 6.08. The smallest absolute Gasteiger partial charge is 0.257 e. The van der Waals surface area contributed by atoms with E-state index in [1.54, 1.807) is 6.07 Å². The molecule has 0 aliphatic carbocycles. The molecule has 6 nitrogen and oxygen atoms in total. The highest BCUT2D eigenvalue weighted by Crippen LogP contribution is 2.22. The van der Waals surface area contributed by atoms with E-state index in [1.807, 2.05) is 69.3 Å². The van der Waals surface area contributed by atoms with Crippen LogP contribution < -0.4 is 15.4 Å². The SMILES string of the molecule is CCOc1ccc(NC(=O)c2ccccc2Nc2nc(C)cc(C)n2)cc1. The molecule has 27 heavy (non-hydrogen) atoms. The van der Waals surface area contributed by atoms with Gasteiger partial charge < -0.3 is 15.4 Å². The van der Waals surface area contributed by atoms with Gasteiger partial charge in [0.05, 0.1) is 17.9 Å². The van der Waals surface area contributed by atoms with Gasteiger partial charge in [-0.05, 0) is 63.2 Å². The molecule has 0 saturated heterocycles. The average molecular weight is 362 g/mol. The van der Waals surface area contributed by atoms with E-state index < -0.39 is 0 Å². The number of hydrogen-bond donors (Lipinski definition) is 2. The fraction of sp³-hybridized carbons (Fsp3) is 0.190. The van der Waals surface area contributed by atoms with E-state index in [-0.39, 0.29) is 5.91 Å². The molecule has 3 rings (SSSR count). The Balaban J connectivity index is 1.79. The van der Waals surface area contributed by atoms with Crippen LogP contribution in [0.15, 0.2) is 54.6 Å². The molecule has 0 aliphatic rings. The Morgan fingerprint density at radius 1 is 1.00 bits per heavy atom. The van der Waals surface area contributed by atoms with Gasteiger partial charge in [-0.2, -0.15) is 0 Å². The lowest BCUT2D eigenvalue weighted by atomic mass is 10.1. The van der Waals surface area contributed by atoms with Crippen molar-refractivity contribution < 1.29 is 9.53 Å². The second kappa shape index (κ2) is 8.31. The number of nitrogens with zero attached hydrogens (tertiary/aromatic N) is 2. The number of anilines is 3. The van der Waals surface area contributed by atoms with E-state index in [2.05, 4.69) is 20.6 Å². The van der Waals surface area contributed by atoms with Crippen molar-refractivity contribution in [3.63, 3.8) is 0 Å². The zero-order chi connectivity index (χ0) is 19.2. The molecule has 138 valence electrons. The highest BCUT2D eigenvalue weighted by atomic mass is 16.5. The average Bonchev–Trinajstić information content (AvgIpc) is 2.63. The normalized spacial score (nSPS) is 10.3. The van der Waals surface area contributed by atoms with Gasteiger partial charge in [-0.1, -0.05) is 12.1 Å². The van der Waals surface area contributed by atoms with Crippen molar-refractivity contribution in [2.75, 3.05) is 17.2 Å². The van der Waals surface area contributed by atoms with Crippen LogP contribution in [0.25, 0.3) is 0 Å². The molecule has 0 aliphatic heterocycles. The number of amides is 1. The molecule has 3 aromatic rings. The zero-order valence-corrected chi connectivity index (χ0v) is 15.6. The quantitative estimate of drug-likeness (QED) is 0.676. The van der Waals surface area contributed by atoms with Crippen molar-refractivity contribution in [3.05, 3.63) is 71.5 Å². The predicted octanol–water partition coefficient (Wildman–Crippen LogP) is 4.49. The summed E-state index contributed by atoms with van der Waals surface area (Å²) in [6, 6.07) is 16.4. The van der Waals surface area contributed by atoms with Gasteiger partial charge in [0.25, 0.3) is 5.91 Å². The zero-order valence-electron chi connectivity index (χ0n) is 15.6. The number of aromatic nitrogens is 2. The lowest BCUT2D eigenvalue weighted by Crippen LogP contribution is -2.14. The topological polar surface area (TPSA) is 76.1 Å². The molecule has 0 fully saturated rings. The molecule has 0 atom stereocenters. The third-order valence-corrected chi connectivity index (χ3v) is 3.82. The molecule has 1 amide bonds. The second-order valence-corrected chi connectivity index (χ2v) is 6.06. The van der Waals surface area contributed by atoms with Crippen molar-refractivity contribution in [1.82, 2.24) is 9.97 Å². The van der Waals surface area contributed by atoms with Crippen molar-refractivity contribution in [3.8, 4) is 5.75 Å². The van der Waals surface area contributed by atoms with Crippen molar-refractivity contribution in [2.24, 2.45) is 0 Å². The number of ether oxygens (including phenoxy) is 1. The number of para-hydroxylation sites is 1. The molecule has 2 aromatic carbocycles. The van der Waals surface area contributed by atoms with E-state index in [1.165, 1.54) is 0 Å². The van der Waals surface area contributed by atoms with Gasteiger partial charge in [-0.15, -0.1) is 0 Å². The van der Waals surface area contributed by atoms with Crippen LogP contribution in [0.5, 0.6) is 5.75 Å². The van der Waals surface area contributed by atoms with E-state index in [4.69, 9.17) is 4.74 Å². The first-order chi connectivity index (χ1) is 13.0. The van der Waals surface area contributed by atoms with Crippen LogP contribution in [0.2, 0.25) is 0 Å². The summed E-state index contributed by atoms with van der Waals surface area (Å²) in [5, 5.41) is 6.04. The number of hydrogen-bond acceptors (Lipinski definition) is 5. The minimum absolute atomic E-state index is 0.216. The van der Waals surface area contributed by atoms with Gasteiger partial charge in [-0.3, -0.25) is 4.79 Å². The Morgan fingerprint density at radius 2 is 1.67 bits per heavy atom. The number of carbonyl (C=O) groups excluding carboxylic acids is 1. The van der Waals surface area contributed by atoms with Gasteiger partial charge in [0.15, 0.2) is 0 Å². The molecule has 0 saturated carbocycles. The van der Waals surface area contributed by atoms with E-state index >= 15 is 0 Å². The number of rotatable bonds is 6. The molecular formula is C21H22N4O2. The fourth-order valence-electron chi connectivity index (χ4n) is 2.69. The number of benzene rings is 2. The lowest BCUT2D eigenvalue weighted by Gasteiger charge is -2.12. The summed E-state index contributed by atoms with van der Waals surface area (Å²) in [4.78, 5) is 21.5. The van der Waals surface area contributed by atoms with Crippen LogP contribution in [0, 0.1) is 13.8 Å². The molecule has 0 spiro atoms. The van der Waals surface area contributed by atoms with Gasteiger partial charge in [0.1, 0.15) is 5.75 Å². The van der Waals surface area contributed by atoms with E-state index in [0.29, 0.717) is 29.5 Å². The largest absolute Gasteiger partial charge is 0.494 e. The maximum absolute atomic E-state index is 12.7. The summed E-state index contributed by atoms with van der Waals surface area (Å²) >= 11 is 0. The van der Waals surface area contributed by atoms with Crippen LogP contribution in [0.1, 0.15) is 28.7 Å². The Morgan fingerprint density at radius 3 is 2.33 bits per heavy atom. The molecule has 0 bridgehead atoms. The highest BCUT2D eigenvalue weighted by Gasteiger charge is 2.12. The van der Waals surface area contributed by atoms with Gasteiger partial charge in [0, 0.05) is 17.1 Å². The van der Waals surface area contributed by atoms with Crippen molar-refractivity contribution in [2.45, 2.75) is 20.8 Å². The Labute approximate surface area is 158 Å². The molecule has 6 heteroatoms. The second-order valence-electron chi connectivity index (χ2n) is 6.06. The van der Waals surface area contributed by atoms with Gasteiger partial charge in [-0.25, -0.2) is 9.97 Å². The van der Waals surface area contributed by atoms with Crippen LogP contribution in [-0.4, -0.2) is 22.5 Å². The molecule has 0 radical (unpaired) electrons. The Bertz CT molecular complexity index is 919. The standard InChI is InChI=1S/C21H22N4O2/c1-4-27-17-11-9-16(10-12-17)24-20(26)18-7-5-6-8-19(18)25-21-22-14(2)13-15(3)23-21/h5-13H,4H2,1-3H3,(H,24,26)(H,22,23,25). The van der Waals surface area contributed by atoms with Crippen LogP contribution in [-0.2, 0) is 0 Å². The Kier molecular flexibility index (Phi) is 5.66. The van der Waals surface area contributed by atoms with Gasteiger partial charge in [0.2, 0.25) is 5.95 Å². The summed E-state index contributed by atoms with van der Waals surface area (Å²) < 4.78 is 5.42. The number of nitrogens with one attached hydrogen (secondary N) is 2. The molecule has 1 heterocycles. The van der Waals surface area contributed by atoms with Crippen LogP contribution >= 0.6 is 0 Å². The fourth-order valence-corrected chi connectivity index (χ4v) is 2.69. The Hall–Kier alpha value is -3.41. The van der Waals surface area contributed by atoms with E-state index in [0.717, 1.165) is 17.1 Å². The summed E-state index contributed by atoms with van der Waals surface area (Å²) in [7, 11) is 0. The maximum Gasteiger partial charge on any atom is 0.257 e. The summed E-state index contributed by atoms with van der Waals surface area (Å²) in [5.41, 5.74) is 3.57. The van der Waals surface area contributed by atoms with Gasteiger partial charge >= 0.3 is 0 Å². The maximum atomic E-state index is 12.7.